The van der Waals surface area contributed by atoms with Gasteiger partial charge in [0.25, 0.3) is 8.53 Å². The van der Waals surface area contributed by atoms with Crippen LogP contribution in [-0.2, 0) is 35.0 Å². The Bertz CT molecular complexity index is 2870. The SMILES string of the molecule is CCN1/C(=C/C=C/C=C/C2=[N+](CCCCCC(=O)NC(COP(OCCC#N)N(C(C)C)C(C)C)COC(c3ccccc3)(c3ccc(OC)cc3)c3ccc(OC)cc3)c3ccccc3C2(C)C)C(C)(C)c2ccccc21. The third-order valence-corrected chi connectivity index (χ3v) is 17.1. The molecule has 0 bridgehead atoms. The molecule has 0 aromatic heterocycles. The zero-order chi connectivity index (χ0) is 55.9. The lowest BCUT2D eigenvalue weighted by Crippen LogP contribution is -2.45. The standard InChI is InChI=1S/C66H82N5O6P/c1-12-69-59-31-23-21-29-57(59)64(6,7)61(69)33-18-14-19-34-62-65(8,9)58-30-22-24-32-60(58)70(62)45-25-15-20-35-63(72)68-54(48-77-78(76-46-26-44-67)71(49(2)3)50(4)5)47-75-66(51-27-16-13-17-28-51,52-36-40-55(73-10)41-37-52)53-38-42-56(74-11)43-39-53/h13-14,16-19,21-24,27-34,36-43,49-50,54H,12,15,20,25-26,35,45-48H2,1-11H3/p+1. The van der Waals surface area contributed by atoms with Gasteiger partial charge in [0.1, 0.15) is 23.6 Å². The molecule has 2 aliphatic heterocycles. The minimum Gasteiger partial charge on any atom is -0.497 e. The summed E-state index contributed by atoms with van der Waals surface area (Å²) in [7, 11) is 1.71. The van der Waals surface area contributed by atoms with E-state index in [0.29, 0.717) is 12.8 Å². The highest BCUT2D eigenvalue weighted by Gasteiger charge is 2.44. The average Bonchev–Trinajstić information content (AvgIpc) is 3.83. The first-order valence-electron chi connectivity index (χ1n) is 27.8. The Morgan fingerprint density at radius 2 is 1.33 bits per heavy atom. The lowest BCUT2D eigenvalue weighted by Gasteiger charge is -2.38. The van der Waals surface area contributed by atoms with Crippen molar-refractivity contribution in [2.45, 2.75) is 129 Å². The van der Waals surface area contributed by atoms with Gasteiger partial charge in [-0.15, -0.1) is 0 Å². The monoisotopic (exact) mass is 1070 g/mol. The van der Waals surface area contributed by atoms with Crippen molar-refractivity contribution >= 4 is 31.5 Å². The van der Waals surface area contributed by atoms with Crippen LogP contribution in [0.1, 0.15) is 122 Å². The highest BCUT2D eigenvalue weighted by Crippen LogP contribution is 2.49. The molecular formula is C66H83N5O6P+. The number of hydrogen-bond acceptors (Lipinski definition) is 9. The van der Waals surface area contributed by atoms with Gasteiger partial charge in [-0.1, -0.05) is 123 Å². The van der Waals surface area contributed by atoms with Gasteiger partial charge in [0.2, 0.25) is 11.6 Å². The molecular weight excluding hydrogens is 990 g/mol. The molecule has 1 N–H and O–H groups in total. The van der Waals surface area contributed by atoms with Crippen molar-refractivity contribution in [1.29, 1.82) is 5.26 Å². The molecule has 2 atom stereocenters. The van der Waals surface area contributed by atoms with Gasteiger partial charge >= 0.3 is 0 Å². The molecule has 5 aromatic carbocycles. The van der Waals surface area contributed by atoms with E-state index in [-0.39, 0.29) is 55.1 Å². The smallest absolute Gasteiger partial charge is 0.259 e. The zero-order valence-corrected chi connectivity index (χ0v) is 48.9. The van der Waals surface area contributed by atoms with E-state index in [1.54, 1.807) is 14.2 Å². The molecule has 2 unspecified atom stereocenters. The maximum atomic E-state index is 14.3. The summed E-state index contributed by atoms with van der Waals surface area (Å²) in [6, 6.07) is 45.3. The quantitative estimate of drug-likeness (QED) is 0.0172. The number of rotatable bonds is 28. The summed E-state index contributed by atoms with van der Waals surface area (Å²) in [4.78, 5) is 16.7. The van der Waals surface area contributed by atoms with Crippen LogP contribution < -0.4 is 19.7 Å². The number of carbonyl (C=O) groups excluding carboxylic acids is 1. The molecule has 412 valence electrons. The molecule has 11 nitrogen and oxygen atoms in total. The first-order chi connectivity index (χ1) is 37.6. The second-order valence-electron chi connectivity index (χ2n) is 21.6. The Kier molecular flexibility index (Phi) is 20.9. The molecule has 0 saturated carbocycles. The third-order valence-electron chi connectivity index (χ3n) is 15.0. The van der Waals surface area contributed by atoms with Crippen LogP contribution >= 0.6 is 8.53 Å². The first kappa shape index (κ1) is 59.3. The van der Waals surface area contributed by atoms with Crippen molar-refractivity contribution in [3.05, 3.63) is 191 Å². The van der Waals surface area contributed by atoms with Crippen molar-refractivity contribution < 1.29 is 32.6 Å². The van der Waals surface area contributed by atoms with Crippen molar-refractivity contribution in [3.8, 4) is 17.6 Å². The van der Waals surface area contributed by atoms with E-state index in [2.05, 4.69) is 179 Å². The molecule has 0 aliphatic carbocycles. The van der Waals surface area contributed by atoms with E-state index in [9.17, 15) is 10.1 Å². The highest BCUT2D eigenvalue weighted by molar-refractivity contribution is 7.44. The molecule has 5 aromatic rings. The summed E-state index contributed by atoms with van der Waals surface area (Å²) in [6.45, 7) is 22.1. The summed E-state index contributed by atoms with van der Waals surface area (Å²) in [6.07, 6.45) is 14.1. The van der Waals surface area contributed by atoms with Gasteiger partial charge < -0.3 is 33.5 Å². The Hall–Kier alpha value is -6.38. The molecule has 2 heterocycles. The predicted octanol–water partition coefficient (Wildman–Crippen LogP) is 14.2. The summed E-state index contributed by atoms with van der Waals surface area (Å²) < 4.78 is 36.3. The fourth-order valence-corrected chi connectivity index (χ4v) is 12.8. The molecule has 0 fully saturated rings. The summed E-state index contributed by atoms with van der Waals surface area (Å²) in [5.41, 5.74) is 9.05. The summed E-state index contributed by atoms with van der Waals surface area (Å²) in [5.74, 6) is 1.36. The Balaban J connectivity index is 1.10. The fourth-order valence-electron chi connectivity index (χ4n) is 11.2. The van der Waals surface area contributed by atoms with Gasteiger partial charge in [-0.3, -0.25) is 4.79 Å². The number of methoxy groups -OCH3 is 2. The van der Waals surface area contributed by atoms with Crippen LogP contribution in [0.15, 0.2) is 163 Å². The molecule has 2 aliphatic rings. The lowest BCUT2D eigenvalue weighted by atomic mass is 9.80. The molecule has 0 spiro atoms. The van der Waals surface area contributed by atoms with Gasteiger partial charge in [0.15, 0.2) is 5.71 Å². The van der Waals surface area contributed by atoms with E-state index < -0.39 is 20.2 Å². The topological polar surface area (TPSA) is 109 Å². The molecule has 12 heteroatoms. The number of fused-ring (bicyclic) bond motifs is 2. The molecule has 0 saturated heterocycles. The molecule has 1 amide bonds. The van der Waals surface area contributed by atoms with Crippen LogP contribution in [0.5, 0.6) is 11.5 Å². The van der Waals surface area contributed by atoms with Crippen molar-refractivity contribution in [2.24, 2.45) is 0 Å². The van der Waals surface area contributed by atoms with Crippen molar-refractivity contribution in [3.63, 3.8) is 0 Å². The van der Waals surface area contributed by atoms with E-state index in [1.807, 2.05) is 66.7 Å². The number of benzene rings is 5. The van der Waals surface area contributed by atoms with Crippen molar-refractivity contribution in [2.75, 3.05) is 52.0 Å². The number of hydrogen-bond donors (Lipinski definition) is 1. The van der Waals surface area contributed by atoms with Crippen LogP contribution in [-0.4, -0.2) is 86.1 Å². The van der Waals surface area contributed by atoms with Crippen LogP contribution in [0.4, 0.5) is 11.4 Å². The van der Waals surface area contributed by atoms with Gasteiger partial charge in [-0.25, -0.2) is 4.67 Å². The average molecular weight is 1070 g/mol. The largest absolute Gasteiger partial charge is 0.497 e. The van der Waals surface area contributed by atoms with E-state index >= 15 is 0 Å². The second kappa shape index (κ2) is 27.5. The third kappa shape index (κ3) is 13.5. The van der Waals surface area contributed by atoms with Crippen LogP contribution in [0, 0.1) is 11.3 Å². The van der Waals surface area contributed by atoms with Crippen LogP contribution in [0.2, 0.25) is 0 Å². The molecule has 78 heavy (non-hydrogen) atoms. The number of nitriles is 1. The Morgan fingerprint density at radius 1 is 0.731 bits per heavy atom. The normalized spacial score (nSPS) is 16.1. The number of para-hydroxylation sites is 2. The molecule has 7 rings (SSSR count). The van der Waals surface area contributed by atoms with Gasteiger partial charge in [0.05, 0.1) is 58.0 Å². The number of nitrogens with zero attached hydrogens (tertiary/aromatic N) is 4. The predicted molar refractivity (Wildman–Crippen MR) is 318 cm³/mol. The Labute approximate surface area is 467 Å². The van der Waals surface area contributed by atoms with E-state index in [0.717, 1.165) is 54.1 Å². The first-order valence-corrected chi connectivity index (χ1v) is 28.9. The number of nitrogens with one attached hydrogen (secondary N) is 1. The molecule has 0 radical (unpaired) electrons. The number of carbonyl (C=O) groups is 1. The number of allylic oxidation sites excluding steroid dienone is 6. The lowest BCUT2D eigenvalue weighted by molar-refractivity contribution is -0.438. The number of unbranched alkanes of at least 4 members (excludes halogenated alkanes) is 2. The zero-order valence-electron chi connectivity index (χ0n) is 48.0. The van der Waals surface area contributed by atoms with E-state index in [1.165, 1.54) is 33.9 Å². The van der Waals surface area contributed by atoms with Crippen LogP contribution in [0.3, 0.4) is 0 Å². The van der Waals surface area contributed by atoms with Gasteiger partial charge in [-0.2, -0.15) is 9.84 Å². The number of anilines is 1. The maximum absolute atomic E-state index is 14.3. The summed E-state index contributed by atoms with van der Waals surface area (Å²) >= 11 is 0. The number of likely N-dealkylation sites (N-methyl/N-ethyl adjacent to an activating group) is 1. The maximum Gasteiger partial charge on any atom is 0.259 e. The van der Waals surface area contributed by atoms with Crippen LogP contribution in [0.25, 0.3) is 0 Å². The minimum atomic E-state index is -1.60. The fraction of sp³-hybridized carbons (Fsp3) is 0.409. The summed E-state index contributed by atoms with van der Waals surface area (Å²) in [5, 5.41) is 12.8. The van der Waals surface area contributed by atoms with Crippen molar-refractivity contribution in [1.82, 2.24) is 9.99 Å². The Morgan fingerprint density at radius 3 is 1.95 bits per heavy atom. The van der Waals surface area contributed by atoms with Gasteiger partial charge in [0, 0.05) is 66.0 Å². The van der Waals surface area contributed by atoms with E-state index in [4.69, 9.17) is 23.3 Å². The van der Waals surface area contributed by atoms with Gasteiger partial charge in [-0.05, 0) is 120 Å². The number of amides is 1. The number of ether oxygens (including phenoxy) is 3. The highest BCUT2D eigenvalue weighted by atomic mass is 31.2. The minimum absolute atomic E-state index is 0.0813. The second-order valence-corrected chi connectivity index (χ2v) is 23.0.